The van der Waals surface area contributed by atoms with Gasteiger partial charge in [-0.15, -0.1) is 0 Å². The zero-order valence-electron chi connectivity index (χ0n) is 23.9. The van der Waals surface area contributed by atoms with Crippen LogP contribution in [0.2, 0.25) is 0 Å². The van der Waals surface area contributed by atoms with Crippen molar-refractivity contribution in [2.24, 2.45) is 0 Å². The van der Waals surface area contributed by atoms with Gasteiger partial charge in [-0.3, -0.25) is 9.78 Å². The second kappa shape index (κ2) is 12.7. The van der Waals surface area contributed by atoms with Gasteiger partial charge in [0.05, 0.1) is 18.3 Å². The van der Waals surface area contributed by atoms with E-state index < -0.39 is 18.0 Å². The van der Waals surface area contributed by atoms with Crippen molar-refractivity contribution in [2.45, 2.75) is 19.0 Å². The Balaban J connectivity index is 1.32. The summed E-state index contributed by atoms with van der Waals surface area (Å²) in [6.07, 6.45) is 2.77. The van der Waals surface area contributed by atoms with Gasteiger partial charge in [0.15, 0.2) is 0 Å². The lowest BCUT2D eigenvalue weighted by Crippen LogP contribution is -2.41. The van der Waals surface area contributed by atoms with Crippen molar-refractivity contribution >= 4 is 40.0 Å². The van der Waals surface area contributed by atoms with E-state index in [2.05, 4.69) is 15.3 Å². The summed E-state index contributed by atoms with van der Waals surface area (Å²) in [6.45, 7) is 0.414. The van der Waals surface area contributed by atoms with Crippen molar-refractivity contribution in [3.8, 4) is 17.0 Å². The van der Waals surface area contributed by atoms with Gasteiger partial charge >= 0.3 is 11.9 Å². The van der Waals surface area contributed by atoms with Gasteiger partial charge in [0, 0.05) is 40.2 Å². The Hall–Kier alpha value is -5.60. The molecule has 0 saturated carbocycles. The van der Waals surface area contributed by atoms with Crippen molar-refractivity contribution in [3.05, 3.63) is 132 Å². The predicted octanol–water partition coefficient (Wildman–Crippen LogP) is 6.29. The summed E-state index contributed by atoms with van der Waals surface area (Å²) in [5.41, 5.74) is 5.51. The number of aromatic nitrogens is 2. The Morgan fingerprint density at radius 1 is 0.886 bits per heavy atom. The van der Waals surface area contributed by atoms with Crippen molar-refractivity contribution < 1.29 is 23.9 Å². The van der Waals surface area contributed by atoms with Crippen LogP contribution in [0.1, 0.15) is 31.8 Å². The molecule has 0 radical (unpaired) electrons. The fourth-order valence-electron chi connectivity index (χ4n) is 5.31. The van der Waals surface area contributed by atoms with Crippen LogP contribution >= 0.6 is 0 Å². The molecule has 2 aromatic heterocycles. The monoisotopic (exact) mass is 583 g/mol. The highest BCUT2D eigenvalue weighted by atomic mass is 16.5. The summed E-state index contributed by atoms with van der Waals surface area (Å²) < 4.78 is 10.9. The van der Waals surface area contributed by atoms with Gasteiger partial charge in [-0.05, 0) is 53.9 Å². The molecule has 0 amide bonds. The number of esters is 2. The average molecular weight is 584 g/mol. The highest BCUT2D eigenvalue weighted by Crippen LogP contribution is 2.34. The molecule has 0 aliphatic heterocycles. The Labute approximate surface area is 253 Å². The van der Waals surface area contributed by atoms with E-state index >= 15 is 0 Å². The number of rotatable bonds is 10. The first-order valence-corrected chi connectivity index (χ1v) is 14.2. The Kier molecular flexibility index (Phi) is 8.25. The highest BCUT2D eigenvalue weighted by Gasteiger charge is 2.25. The van der Waals surface area contributed by atoms with Crippen LogP contribution in [-0.4, -0.2) is 41.3 Å². The lowest BCUT2D eigenvalue weighted by molar-refractivity contribution is -0.136. The molecule has 2 heterocycles. The summed E-state index contributed by atoms with van der Waals surface area (Å²) in [5.74, 6) is -1.15. The number of ether oxygens (including phenoxy) is 2. The maximum Gasteiger partial charge on any atom is 0.341 e. The van der Waals surface area contributed by atoms with E-state index in [0.717, 1.165) is 39.2 Å². The topological polar surface area (TPSA) is 110 Å². The van der Waals surface area contributed by atoms with E-state index in [-0.39, 0.29) is 17.7 Å². The fraction of sp³-hybridized carbons (Fsp3) is 0.111. The molecule has 4 aromatic carbocycles. The molecule has 0 saturated heterocycles. The van der Waals surface area contributed by atoms with Crippen molar-refractivity contribution in [2.75, 3.05) is 7.11 Å². The molecule has 0 aliphatic rings. The van der Waals surface area contributed by atoms with Gasteiger partial charge < -0.3 is 19.8 Å². The number of aldehydes is 1. The SMILES string of the molecule is COC(=O)c1cc(-c2nccc3c2[nH]c2ccccc23)ccc1OC(=O)[C@H](Cc1cccc(C=O)c1)NCc1ccccc1. The third kappa shape index (κ3) is 5.97. The number of aromatic amines is 1. The van der Waals surface area contributed by atoms with Crippen LogP contribution in [0.4, 0.5) is 0 Å². The van der Waals surface area contributed by atoms with Crippen LogP contribution in [0, 0.1) is 0 Å². The molecule has 8 nitrogen and oxygen atoms in total. The van der Waals surface area contributed by atoms with Crippen molar-refractivity contribution in [1.82, 2.24) is 15.3 Å². The van der Waals surface area contributed by atoms with Crippen LogP contribution in [0.25, 0.3) is 33.1 Å². The van der Waals surface area contributed by atoms with Gasteiger partial charge in [-0.25, -0.2) is 9.59 Å². The summed E-state index contributed by atoms with van der Waals surface area (Å²) in [6, 6.07) is 30.9. The number of methoxy groups -OCH3 is 1. The molecule has 218 valence electrons. The van der Waals surface area contributed by atoms with E-state index in [4.69, 9.17) is 9.47 Å². The third-order valence-corrected chi connectivity index (χ3v) is 7.50. The number of carbonyl (C=O) groups excluding carboxylic acids is 3. The smallest absolute Gasteiger partial charge is 0.341 e. The molecular formula is C36H29N3O5. The van der Waals surface area contributed by atoms with Gasteiger partial charge in [-0.1, -0.05) is 66.7 Å². The lowest BCUT2D eigenvalue weighted by Gasteiger charge is -2.19. The minimum atomic E-state index is -0.774. The number of pyridine rings is 1. The molecule has 44 heavy (non-hydrogen) atoms. The van der Waals surface area contributed by atoms with Crippen molar-refractivity contribution in [3.63, 3.8) is 0 Å². The van der Waals surface area contributed by atoms with Crippen LogP contribution in [0.3, 0.4) is 0 Å². The van der Waals surface area contributed by atoms with Crippen LogP contribution < -0.4 is 10.1 Å². The Bertz CT molecular complexity index is 1980. The zero-order chi connectivity index (χ0) is 30.5. The molecule has 6 aromatic rings. The van der Waals surface area contributed by atoms with Gasteiger partial charge in [0.1, 0.15) is 23.6 Å². The number of nitrogens with zero attached hydrogens (tertiary/aromatic N) is 1. The lowest BCUT2D eigenvalue weighted by atomic mass is 10.0. The standard InChI is InChI=1S/C36H29N3O5/c1-43-35(41)29-20-26(33-34-28(16-17-37-33)27-12-5-6-13-30(27)39-34)14-15-32(29)44-36(42)31(38-21-23-8-3-2-4-9-23)19-24-10-7-11-25(18-24)22-40/h2-18,20,22,31,38-39H,19,21H2,1H3/t31-/m0/s1. The second-order valence-electron chi connectivity index (χ2n) is 10.4. The van der Waals surface area contributed by atoms with Crippen LogP contribution in [0.15, 0.2) is 109 Å². The largest absolute Gasteiger partial charge is 0.465 e. The first-order valence-electron chi connectivity index (χ1n) is 14.2. The molecule has 0 unspecified atom stereocenters. The van der Waals surface area contributed by atoms with Gasteiger partial charge in [0.2, 0.25) is 0 Å². The number of fused-ring (bicyclic) bond motifs is 3. The van der Waals surface area contributed by atoms with Gasteiger partial charge in [-0.2, -0.15) is 0 Å². The molecule has 0 aliphatic carbocycles. The second-order valence-corrected chi connectivity index (χ2v) is 10.4. The molecule has 0 fully saturated rings. The molecule has 2 N–H and O–H groups in total. The molecule has 8 heteroatoms. The maximum absolute atomic E-state index is 13.7. The van der Waals surface area contributed by atoms with Crippen LogP contribution in [-0.2, 0) is 22.5 Å². The van der Waals surface area contributed by atoms with Crippen LogP contribution in [0.5, 0.6) is 5.75 Å². The van der Waals surface area contributed by atoms with Gasteiger partial charge in [0.25, 0.3) is 0 Å². The number of nitrogens with one attached hydrogen (secondary N) is 2. The zero-order valence-corrected chi connectivity index (χ0v) is 23.9. The number of H-pyrrole nitrogens is 1. The summed E-state index contributed by atoms with van der Waals surface area (Å²) in [4.78, 5) is 46.0. The molecular weight excluding hydrogens is 554 g/mol. The minimum absolute atomic E-state index is 0.0718. The first-order chi connectivity index (χ1) is 21.5. The first kappa shape index (κ1) is 28.5. The van der Waals surface area contributed by atoms with E-state index in [0.29, 0.717) is 23.4 Å². The molecule has 6 rings (SSSR count). The number of benzene rings is 4. The average Bonchev–Trinajstić information content (AvgIpc) is 3.46. The number of hydrogen-bond donors (Lipinski definition) is 2. The Morgan fingerprint density at radius 2 is 1.68 bits per heavy atom. The Morgan fingerprint density at radius 3 is 2.50 bits per heavy atom. The summed E-state index contributed by atoms with van der Waals surface area (Å²) in [7, 11) is 1.28. The van der Waals surface area contributed by atoms with E-state index in [1.165, 1.54) is 7.11 Å². The maximum atomic E-state index is 13.7. The van der Waals surface area contributed by atoms with E-state index in [1.54, 1.807) is 42.6 Å². The summed E-state index contributed by atoms with van der Waals surface area (Å²) >= 11 is 0. The van der Waals surface area contributed by atoms with Crippen molar-refractivity contribution in [1.29, 1.82) is 0 Å². The van der Waals surface area contributed by atoms with E-state index in [1.807, 2.05) is 66.7 Å². The number of para-hydroxylation sites is 1. The third-order valence-electron chi connectivity index (χ3n) is 7.50. The molecule has 0 bridgehead atoms. The predicted molar refractivity (Wildman–Crippen MR) is 169 cm³/mol. The van der Waals surface area contributed by atoms with E-state index in [9.17, 15) is 14.4 Å². The quantitative estimate of drug-likeness (QED) is 0.111. The minimum Gasteiger partial charge on any atom is -0.465 e. The summed E-state index contributed by atoms with van der Waals surface area (Å²) in [5, 5.41) is 5.36. The highest BCUT2D eigenvalue weighted by molar-refractivity contribution is 6.11. The fourth-order valence-corrected chi connectivity index (χ4v) is 5.31. The molecule has 0 spiro atoms. The number of carbonyl (C=O) groups is 3. The molecule has 1 atom stereocenters. The normalized spacial score (nSPS) is 11.8. The number of hydrogen-bond acceptors (Lipinski definition) is 7.